The molecule has 0 amide bonds. The molecule has 1 heterocycles. The second kappa shape index (κ2) is 6.82. The number of ether oxygens (including phenoxy) is 1. The summed E-state index contributed by atoms with van der Waals surface area (Å²) in [5.41, 5.74) is 3.65. The average molecular weight is 388 g/mol. The summed E-state index contributed by atoms with van der Waals surface area (Å²) < 4.78 is 31.9. The van der Waals surface area contributed by atoms with Crippen LogP contribution in [-0.4, -0.2) is 25.8 Å². The molecule has 6 heteroatoms. The first-order chi connectivity index (χ1) is 12.8. The van der Waals surface area contributed by atoms with Crippen LogP contribution < -0.4 is 10.3 Å². The summed E-state index contributed by atoms with van der Waals surface area (Å²) in [6.45, 7) is 0.652. The van der Waals surface area contributed by atoms with Crippen LogP contribution in [0.2, 0.25) is 0 Å². The van der Waals surface area contributed by atoms with Crippen molar-refractivity contribution in [3.05, 3.63) is 45.9 Å². The molecule has 0 saturated heterocycles. The number of benzene rings is 1. The average Bonchev–Trinajstić information content (AvgIpc) is 3.47. The molecule has 2 aliphatic carbocycles. The molecule has 1 saturated carbocycles. The lowest BCUT2D eigenvalue weighted by atomic mass is 9.87. The van der Waals surface area contributed by atoms with Crippen LogP contribution in [0.15, 0.2) is 34.1 Å². The van der Waals surface area contributed by atoms with Crippen LogP contribution >= 0.6 is 0 Å². The van der Waals surface area contributed by atoms with E-state index in [2.05, 4.69) is 0 Å². The van der Waals surface area contributed by atoms with E-state index in [0.717, 1.165) is 47.9 Å². The van der Waals surface area contributed by atoms with Crippen LogP contribution in [0.1, 0.15) is 36.8 Å². The summed E-state index contributed by atoms with van der Waals surface area (Å²) in [5, 5.41) is 0. The first-order valence-electron chi connectivity index (χ1n) is 9.53. The second-order valence-electron chi connectivity index (χ2n) is 7.81. The van der Waals surface area contributed by atoms with Gasteiger partial charge in [-0.1, -0.05) is 0 Å². The number of aryl methyl sites for hydroxylation is 1. The van der Waals surface area contributed by atoms with Crippen molar-refractivity contribution in [3.8, 4) is 16.9 Å². The molecule has 0 spiro atoms. The molecule has 0 aliphatic heterocycles. The lowest BCUT2D eigenvalue weighted by Crippen LogP contribution is -2.25. The van der Waals surface area contributed by atoms with Gasteiger partial charge in [-0.15, -0.1) is 0 Å². The fraction of sp³-hybridized carbons (Fsp3) is 0.476. The molecular weight excluding hydrogens is 362 g/mol. The first kappa shape index (κ1) is 18.3. The van der Waals surface area contributed by atoms with Gasteiger partial charge in [0.2, 0.25) is 0 Å². The zero-order valence-corrected chi connectivity index (χ0v) is 16.6. The third kappa shape index (κ3) is 3.68. The molecule has 0 unspecified atom stereocenters. The third-order valence-corrected chi connectivity index (χ3v) is 6.65. The minimum absolute atomic E-state index is 0.0492. The highest BCUT2D eigenvalue weighted by atomic mass is 32.2. The smallest absolute Gasteiger partial charge is 0.253 e. The number of pyridine rings is 1. The summed E-state index contributed by atoms with van der Waals surface area (Å²) in [6, 6.07) is 5.07. The summed E-state index contributed by atoms with van der Waals surface area (Å²) in [7, 11) is -1.58. The van der Waals surface area contributed by atoms with Gasteiger partial charge in [0.1, 0.15) is 5.75 Å². The molecule has 2 aromatic rings. The Hall–Kier alpha value is -2.08. The predicted octanol–water partition coefficient (Wildman–Crippen LogP) is 3.12. The molecule has 0 N–H and O–H groups in total. The predicted molar refractivity (Wildman–Crippen MR) is 105 cm³/mol. The topological polar surface area (TPSA) is 65.4 Å². The zero-order chi connectivity index (χ0) is 19.2. The van der Waals surface area contributed by atoms with Crippen molar-refractivity contribution in [1.82, 2.24) is 4.57 Å². The Morgan fingerprint density at radius 1 is 1.11 bits per heavy atom. The third-order valence-electron chi connectivity index (χ3n) is 5.54. The standard InChI is InChI=1S/C21H25NO4S/c1-22-12-19(16-5-3-4-6-17(16)21(22)23)18-11-15(27(2,24)25)9-10-20(18)26-13-14-7-8-14/h9-12,14H,3-8,13H2,1-2H3. The summed E-state index contributed by atoms with van der Waals surface area (Å²) >= 11 is 0. The monoisotopic (exact) mass is 387 g/mol. The normalized spacial score (nSPS) is 16.8. The van der Waals surface area contributed by atoms with Gasteiger partial charge in [0.15, 0.2) is 9.84 Å². The highest BCUT2D eigenvalue weighted by Crippen LogP contribution is 2.38. The molecule has 5 nitrogen and oxygen atoms in total. The van der Waals surface area contributed by atoms with Gasteiger partial charge in [-0.25, -0.2) is 8.42 Å². The summed E-state index contributed by atoms with van der Waals surface area (Å²) in [5.74, 6) is 1.29. The van der Waals surface area contributed by atoms with Crippen LogP contribution in [0.25, 0.3) is 11.1 Å². The van der Waals surface area contributed by atoms with Crippen molar-refractivity contribution in [2.75, 3.05) is 12.9 Å². The van der Waals surface area contributed by atoms with Crippen molar-refractivity contribution >= 4 is 9.84 Å². The SMILES string of the molecule is Cn1cc(-c2cc(S(C)(=O)=O)ccc2OCC2CC2)c2c(c1=O)CCCC2. The Kier molecular flexibility index (Phi) is 4.62. The number of hydrogen-bond donors (Lipinski definition) is 0. The number of aromatic nitrogens is 1. The van der Waals surface area contributed by atoms with Gasteiger partial charge in [0, 0.05) is 36.2 Å². The molecule has 0 radical (unpaired) electrons. The maximum absolute atomic E-state index is 12.6. The molecule has 27 heavy (non-hydrogen) atoms. The van der Waals surface area contributed by atoms with E-state index in [1.54, 1.807) is 29.8 Å². The van der Waals surface area contributed by atoms with Crippen LogP contribution in [0, 0.1) is 5.92 Å². The molecule has 1 fully saturated rings. The van der Waals surface area contributed by atoms with Crippen molar-refractivity contribution in [2.24, 2.45) is 13.0 Å². The number of fused-ring (bicyclic) bond motifs is 1. The van der Waals surface area contributed by atoms with E-state index in [4.69, 9.17) is 4.74 Å². The lowest BCUT2D eigenvalue weighted by molar-refractivity contribution is 0.301. The number of sulfone groups is 1. The fourth-order valence-corrected chi connectivity index (χ4v) is 4.43. The highest BCUT2D eigenvalue weighted by molar-refractivity contribution is 7.90. The highest BCUT2D eigenvalue weighted by Gasteiger charge is 2.25. The molecule has 1 aromatic heterocycles. The molecule has 1 aromatic carbocycles. The number of nitrogens with zero attached hydrogens (tertiary/aromatic N) is 1. The first-order valence-corrected chi connectivity index (χ1v) is 11.4. The van der Waals surface area contributed by atoms with E-state index in [0.29, 0.717) is 18.3 Å². The van der Waals surface area contributed by atoms with Crippen molar-refractivity contribution < 1.29 is 13.2 Å². The number of rotatable bonds is 5. The van der Waals surface area contributed by atoms with Crippen LogP contribution in [0.5, 0.6) is 5.75 Å². The Balaban J connectivity index is 1.90. The summed E-state index contributed by atoms with van der Waals surface area (Å²) in [4.78, 5) is 12.8. The maximum Gasteiger partial charge on any atom is 0.253 e. The van der Waals surface area contributed by atoms with Gasteiger partial charge in [-0.05, 0) is 68.2 Å². The van der Waals surface area contributed by atoms with Gasteiger partial charge < -0.3 is 9.30 Å². The maximum atomic E-state index is 12.6. The van der Waals surface area contributed by atoms with Gasteiger partial charge in [0.25, 0.3) is 5.56 Å². The van der Waals surface area contributed by atoms with Crippen LogP contribution in [0.4, 0.5) is 0 Å². The Bertz CT molecular complexity index is 1050. The van der Waals surface area contributed by atoms with Crippen molar-refractivity contribution in [2.45, 2.75) is 43.4 Å². The van der Waals surface area contributed by atoms with Crippen molar-refractivity contribution in [3.63, 3.8) is 0 Å². The Labute approximate surface area is 159 Å². The fourth-order valence-electron chi connectivity index (χ4n) is 3.78. The molecular formula is C21H25NO4S. The van der Waals surface area contributed by atoms with Crippen LogP contribution in [0.3, 0.4) is 0 Å². The quantitative estimate of drug-likeness (QED) is 0.791. The minimum Gasteiger partial charge on any atom is -0.493 e. The molecule has 4 rings (SSSR count). The second-order valence-corrected chi connectivity index (χ2v) is 9.82. The summed E-state index contributed by atoms with van der Waals surface area (Å²) in [6.07, 6.45) is 9.09. The molecule has 0 bridgehead atoms. The Morgan fingerprint density at radius 3 is 2.48 bits per heavy atom. The van der Waals surface area contributed by atoms with E-state index in [1.165, 1.54) is 19.1 Å². The zero-order valence-electron chi connectivity index (χ0n) is 15.8. The Morgan fingerprint density at radius 2 is 1.81 bits per heavy atom. The van der Waals surface area contributed by atoms with Gasteiger partial charge >= 0.3 is 0 Å². The van der Waals surface area contributed by atoms with E-state index >= 15 is 0 Å². The van der Waals surface area contributed by atoms with E-state index in [-0.39, 0.29) is 10.5 Å². The number of hydrogen-bond acceptors (Lipinski definition) is 4. The van der Waals surface area contributed by atoms with E-state index in [9.17, 15) is 13.2 Å². The van der Waals surface area contributed by atoms with Gasteiger partial charge in [0.05, 0.1) is 11.5 Å². The van der Waals surface area contributed by atoms with E-state index < -0.39 is 9.84 Å². The minimum atomic E-state index is -3.33. The van der Waals surface area contributed by atoms with Crippen LogP contribution in [-0.2, 0) is 29.7 Å². The molecule has 0 atom stereocenters. The lowest BCUT2D eigenvalue weighted by Gasteiger charge is -2.22. The largest absolute Gasteiger partial charge is 0.493 e. The van der Waals surface area contributed by atoms with Gasteiger partial charge in [-0.2, -0.15) is 0 Å². The van der Waals surface area contributed by atoms with Crippen molar-refractivity contribution in [1.29, 1.82) is 0 Å². The molecule has 2 aliphatic rings. The van der Waals surface area contributed by atoms with Gasteiger partial charge in [-0.3, -0.25) is 4.79 Å². The molecule has 144 valence electrons. The van der Waals surface area contributed by atoms with E-state index in [1.807, 2.05) is 6.20 Å².